The van der Waals surface area contributed by atoms with Gasteiger partial charge in [0.15, 0.2) is 0 Å². The average molecular weight is 346 g/mol. The minimum Gasteiger partial charge on any atom is -0.481 e. The van der Waals surface area contributed by atoms with E-state index in [1.165, 1.54) is 18.2 Å². The van der Waals surface area contributed by atoms with Crippen LogP contribution >= 0.6 is 15.9 Å². The van der Waals surface area contributed by atoms with Crippen LogP contribution in [0.3, 0.4) is 0 Å². The number of carboxylic acid groups (broad SMARTS) is 1. The Bertz CT molecular complexity index is 533. The van der Waals surface area contributed by atoms with Gasteiger partial charge in [-0.1, -0.05) is 13.8 Å². The fourth-order valence-corrected chi connectivity index (χ4v) is 2.10. The molecule has 0 bridgehead atoms. The highest BCUT2D eigenvalue weighted by Crippen LogP contribution is 2.32. The Labute approximate surface area is 125 Å². The highest BCUT2D eigenvalue weighted by molar-refractivity contribution is 9.10. The summed E-state index contributed by atoms with van der Waals surface area (Å²) < 4.78 is 13.4. The highest BCUT2D eigenvalue weighted by Gasteiger charge is 2.38. The molecule has 0 aromatic heterocycles. The van der Waals surface area contributed by atoms with Crippen molar-refractivity contribution >= 4 is 33.5 Å². The van der Waals surface area contributed by atoms with Crippen LogP contribution in [-0.2, 0) is 9.59 Å². The van der Waals surface area contributed by atoms with Gasteiger partial charge >= 0.3 is 5.97 Å². The lowest BCUT2D eigenvalue weighted by Crippen LogP contribution is -2.37. The van der Waals surface area contributed by atoms with Crippen LogP contribution in [-0.4, -0.2) is 17.0 Å². The largest absolute Gasteiger partial charge is 0.481 e. The van der Waals surface area contributed by atoms with E-state index in [0.29, 0.717) is 10.2 Å². The van der Waals surface area contributed by atoms with E-state index >= 15 is 0 Å². The molecule has 1 amide bonds. The summed E-state index contributed by atoms with van der Waals surface area (Å²) in [7, 11) is 0. The molecule has 0 aliphatic carbocycles. The SMILES string of the molecule is CC(C)C(C)(CC(=O)Nc1ccc(F)cc1Br)C(=O)O. The smallest absolute Gasteiger partial charge is 0.310 e. The van der Waals surface area contributed by atoms with E-state index in [2.05, 4.69) is 21.2 Å². The number of amides is 1. The van der Waals surface area contributed by atoms with Gasteiger partial charge < -0.3 is 10.4 Å². The Balaban J connectivity index is 2.84. The number of aliphatic carboxylic acids is 1. The molecule has 0 saturated carbocycles. The number of hydrogen-bond donors (Lipinski definition) is 2. The molecule has 0 spiro atoms. The maximum atomic E-state index is 12.9. The van der Waals surface area contributed by atoms with Gasteiger partial charge in [-0.3, -0.25) is 9.59 Å². The van der Waals surface area contributed by atoms with E-state index in [-0.39, 0.29) is 12.3 Å². The van der Waals surface area contributed by atoms with E-state index in [1.807, 2.05) is 0 Å². The lowest BCUT2D eigenvalue weighted by Gasteiger charge is -2.28. The molecule has 0 aliphatic heterocycles. The normalized spacial score (nSPS) is 13.9. The second-order valence-electron chi connectivity index (χ2n) is 5.23. The van der Waals surface area contributed by atoms with E-state index in [1.54, 1.807) is 20.8 Å². The zero-order valence-electron chi connectivity index (χ0n) is 11.5. The Morgan fingerprint density at radius 2 is 2.05 bits per heavy atom. The number of carbonyl (C=O) groups is 2. The Morgan fingerprint density at radius 3 is 2.50 bits per heavy atom. The van der Waals surface area contributed by atoms with Crippen molar-refractivity contribution in [2.24, 2.45) is 11.3 Å². The molecule has 2 N–H and O–H groups in total. The molecule has 0 aliphatic rings. The number of carbonyl (C=O) groups excluding carboxylic acids is 1. The molecule has 0 fully saturated rings. The molecule has 1 unspecified atom stereocenters. The van der Waals surface area contributed by atoms with Gasteiger partial charge in [-0.15, -0.1) is 0 Å². The molecular weight excluding hydrogens is 329 g/mol. The van der Waals surface area contributed by atoms with Crippen LogP contribution in [0.15, 0.2) is 22.7 Å². The molecule has 1 aromatic carbocycles. The molecule has 4 nitrogen and oxygen atoms in total. The zero-order valence-corrected chi connectivity index (χ0v) is 13.1. The zero-order chi connectivity index (χ0) is 15.5. The van der Waals surface area contributed by atoms with Gasteiger partial charge in [0, 0.05) is 10.9 Å². The number of benzene rings is 1. The van der Waals surface area contributed by atoms with Crippen molar-refractivity contribution < 1.29 is 19.1 Å². The van der Waals surface area contributed by atoms with Crippen LogP contribution in [0.4, 0.5) is 10.1 Å². The first-order valence-electron chi connectivity index (χ1n) is 6.15. The molecule has 20 heavy (non-hydrogen) atoms. The van der Waals surface area contributed by atoms with E-state index in [0.717, 1.165) is 0 Å². The van der Waals surface area contributed by atoms with Crippen LogP contribution in [0.5, 0.6) is 0 Å². The van der Waals surface area contributed by atoms with E-state index < -0.39 is 23.1 Å². The number of nitrogens with one attached hydrogen (secondary N) is 1. The molecule has 1 rings (SSSR count). The summed E-state index contributed by atoms with van der Waals surface area (Å²) in [5.41, 5.74) is -0.732. The third-order valence-corrected chi connectivity index (χ3v) is 4.15. The Hall–Kier alpha value is -1.43. The number of rotatable bonds is 5. The fraction of sp³-hybridized carbons (Fsp3) is 0.429. The molecule has 1 atom stereocenters. The summed E-state index contributed by atoms with van der Waals surface area (Å²) >= 11 is 3.14. The highest BCUT2D eigenvalue weighted by atomic mass is 79.9. The van der Waals surface area contributed by atoms with Crippen molar-refractivity contribution in [3.63, 3.8) is 0 Å². The van der Waals surface area contributed by atoms with Crippen molar-refractivity contribution in [1.29, 1.82) is 0 Å². The summed E-state index contributed by atoms with van der Waals surface area (Å²) in [6.07, 6.45) is -0.149. The van der Waals surface area contributed by atoms with Gasteiger partial charge in [0.25, 0.3) is 0 Å². The van der Waals surface area contributed by atoms with Gasteiger partial charge in [0.1, 0.15) is 5.82 Å². The second-order valence-corrected chi connectivity index (χ2v) is 6.08. The van der Waals surface area contributed by atoms with Gasteiger partial charge in [0.05, 0.1) is 11.1 Å². The van der Waals surface area contributed by atoms with Crippen molar-refractivity contribution in [2.75, 3.05) is 5.32 Å². The van der Waals surface area contributed by atoms with Gasteiger partial charge in [-0.2, -0.15) is 0 Å². The maximum Gasteiger partial charge on any atom is 0.310 e. The van der Waals surface area contributed by atoms with Crippen LogP contribution < -0.4 is 5.32 Å². The predicted molar refractivity (Wildman–Crippen MR) is 77.9 cm³/mol. The first-order valence-corrected chi connectivity index (χ1v) is 6.94. The summed E-state index contributed by atoms with van der Waals surface area (Å²) in [4.78, 5) is 23.3. The standard InChI is InChI=1S/C14H17BrFNO3/c1-8(2)14(3,13(19)20)7-12(18)17-11-5-4-9(16)6-10(11)15/h4-6,8H,7H2,1-3H3,(H,17,18)(H,19,20). The summed E-state index contributed by atoms with van der Waals surface area (Å²) in [6.45, 7) is 5.06. The summed E-state index contributed by atoms with van der Waals surface area (Å²) in [6, 6.07) is 3.87. The molecule has 0 radical (unpaired) electrons. The Kier molecular flexibility index (Phi) is 5.28. The Morgan fingerprint density at radius 1 is 1.45 bits per heavy atom. The lowest BCUT2D eigenvalue weighted by molar-refractivity contribution is -0.153. The topological polar surface area (TPSA) is 66.4 Å². The summed E-state index contributed by atoms with van der Waals surface area (Å²) in [5, 5.41) is 11.9. The summed E-state index contributed by atoms with van der Waals surface area (Å²) in [5.74, 6) is -2.05. The number of carboxylic acids is 1. The van der Waals surface area contributed by atoms with Crippen LogP contribution in [0.1, 0.15) is 27.2 Å². The second kappa shape index (κ2) is 6.35. The maximum absolute atomic E-state index is 12.9. The van der Waals surface area contributed by atoms with Crippen molar-refractivity contribution in [1.82, 2.24) is 0 Å². The first kappa shape index (κ1) is 16.6. The molecule has 110 valence electrons. The van der Waals surface area contributed by atoms with Gasteiger partial charge in [-0.25, -0.2) is 4.39 Å². The van der Waals surface area contributed by atoms with Crippen LogP contribution in [0.2, 0.25) is 0 Å². The number of halogens is 2. The average Bonchev–Trinajstić information content (AvgIpc) is 2.32. The third kappa shape index (κ3) is 3.79. The first-order chi connectivity index (χ1) is 9.16. The molecule has 1 aromatic rings. The van der Waals surface area contributed by atoms with Gasteiger partial charge in [0.2, 0.25) is 5.91 Å². The monoisotopic (exact) mass is 345 g/mol. The quantitative estimate of drug-likeness (QED) is 0.855. The minimum absolute atomic E-state index is 0.149. The molecule has 0 saturated heterocycles. The molecule has 6 heteroatoms. The van der Waals surface area contributed by atoms with Crippen molar-refractivity contribution in [2.45, 2.75) is 27.2 Å². The number of anilines is 1. The van der Waals surface area contributed by atoms with Crippen molar-refractivity contribution in [3.8, 4) is 0 Å². The van der Waals surface area contributed by atoms with E-state index in [9.17, 15) is 19.1 Å². The number of hydrogen-bond acceptors (Lipinski definition) is 2. The molecule has 0 heterocycles. The van der Waals surface area contributed by atoms with Crippen LogP contribution in [0.25, 0.3) is 0 Å². The van der Waals surface area contributed by atoms with E-state index in [4.69, 9.17) is 0 Å². The van der Waals surface area contributed by atoms with Crippen LogP contribution in [0, 0.1) is 17.2 Å². The minimum atomic E-state index is -1.14. The molecular formula is C14H17BrFNO3. The predicted octanol–water partition coefficient (Wildman–Crippen LogP) is 3.66. The lowest BCUT2D eigenvalue weighted by atomic mass is 9.76. The van der Waals surface area contributed by atoms with Gasteiger partial charge in [-0.05, 0) is 47.0 Å². The third-order valence-electron chi connectivity index (χ3n) is 3.50. The van der Waals surface area contributed by atoms with Crippen molar-refractivity contribution in [3.05, 3.63) is 28.5 Å². The fourth-order valence-electron chi connectivity index (χ4n) is 1.65.